The van der Waals surface area contributed by atoms with Gasteiger partial charge in [0.2, 0.25) is 0 Å². The second kappa shape index (κ2) is 7.41. The van der Waals surface area contributed by atoms with E-state index in [0.29, 0.717) is 6.61 Å². The molecule has 0 spiro atoms. The van der Waals surface area contributed by atoms with Gasteiger partial charge in [-0.05, 0) is 37.3 Å². The van der Waals surface area contributed by atoms with Gasteiger partial charge in [-0.3, -0.25) is 0 Å². The molecule has 0 saturated heterocycles. The monoisotopic (exact) mass is 338 g/mol. The Morgan fingerprint density at radius 3 is 2.55 bits per heavy atom. The van der Waals surface area contributed by atoms with Gasteiger partial charge < -0.3 is 10.1 Å². The van der Waals surface area contributed by atoms with Gasteiger partial charge in [0.25, 0.3) is 0 Å². The lowest BCUT2D eigenvalue weighted by atomic mass is 10.2. The van der Waals surface area contributed by atoms with Crippen LogP contribution < -0.4 is 10.1 Å². The fourth-order valence-electron chi connectivity index (χ4n) is 2.02. The van der Waals surface area contributed by atoms with Crippen molar-refractivity contribution in [3.63, 3.8) is 0 Å². The van der Waals surface area contributed by atoms with Crippen molar-refractivity contribution in [2.75, 3.05) is 6.61 Å². The second-order valence-corrected chi connectivity index (χ2v) is 5.42. The molecule has 2 aromatic carbocycles. The number of rotatable bonds is 6. The summed E-state index contributed by atoms with van der Waals surface area (Å²) >= 11 is 3.48. The summed E-state index contributed by atoms with van der Waals surface area (Å²) in [5, 5.41) is 2.18. The first kappa shape index (κ1) is 15.0. The van der Waals surface area contributed by atoms with Crippen molar-refractivity contribution in [3.8, 4) is 5.75 Å². The van der Waals surface area contributed by atoms with Crippen LogP contribution >= 0.6 is 15.9 Å². The predicted octanol–water partition coefficient (Wildman–Crippen LogP) is 3.25. The van der Waals surface area contributed by atoms with E-state index >= 15 is 0 Å². The average molecular weight is 339 g/mol. The number of quaternary nitrogens is 1. The number of hydrogen-bond donors (Lipinski definition) is 1. The standard InChI is InChI=1S/C16H17BrFNO/c1-2-20-16-8-5-14(17)9-13(16)11-19-10-12-3-6-15(18)7-4-12/h3-9,19H,2,10-11H2,1H3/p+1. The molecule has 0 amide bonds. The lowest BCUT2D eigenvalue weighted by molar-refractivity contribution is -0.686. The maximum absolute atomic E-state index is 12.8. The fraction of sp³-hybridized carbons (Fsp3) is 0.250. The molecule has 0 bridgehead atoms. The largest absolute Gasteiger partial charge is 0.493 e. The highest BCUT2D eigenvalue weighted by Gasteiger charge is 2.06. The van der Waals surface area contributed by atoms with Crippen LogP contribution in [0.2, 0.25) is 0 Å². The highest BCUT2D eigenvalue weighted by molar-refractivity contribution is 9.10. The first-order valence-electron chi connectivity index (χ1n) is 6.66. The zero-order valence-corrected chi connectivity index (χ0v) is 13.0. The maximum atomic E-state index is 12.8. The lowest BCUT2D eigenvalue weighted by Crippen LogP contribution is -2.80. The molecular formula is C16H18BrFNO+. The minimum Gasteiger partial charge on any atom is -0.493 e. The molecule has 2 nitrogen and oxygen atoms in total. The summed E-state index contributed by atoms with van der Waals surface area (Å²) in [5.41, 5.74) is 2.27. The Hall–Kier alpha value is -1.39. The summed E-state index contributed by atoms with van der Waals surface area (Å²) in [6.45, 7) is 4.28. The van der Waals surface area contributed by atoms with E-state index in [-0.39, 0.29) is 5.82 Å². The van der Waals surface area contributed by atoms with E-state index in [2.05, 4.69) is 27.3 Å². The molecule has 4 heteroatoms. The maximum Gasteiger partial charge on any atom is 0.128 e. The van der Waals surface area contributed by atoms with E-state index < -0.39 is 0 Å². The van der Waals surface area contributed by atoms with E-state index in [4.69, 9.17) is 4.74 Å². The van der Waals surface area contributed by atoms with E-state index in [1.165, 1.54) is 12.1 Å². The van der Waals surface area contributed by atoms with Crippen LogP contribution in [0, 0.1) is 5.82 Å². The van der Waals surface area contributed by atoms with Gasteiger partial charge in [-0.25, -0.2) is 4.39 Å². The minimum atomic E-state index is -0.195. The smallest absolute Gasteiger partial charge is 0.128 e. The molecule has 2 rings (SSSR count). The summed E-state index contributed by atoms with van der Waals surface area (Å²) in [4.78, 5) is 0. The highest BCUT2D eigenvalue weighted by atomic mass is 79.9. The van der Waals surface area contributed by atoms with E-state index in [9.17, 15) is 4.39 Å². The number of benzene rings is 2. The molecule has 0 atom stereocenters. The van der Waals surface area contributed by atoms with Gasteiger partial charge in [0.05, 0.1) is 6.61 Å². The van der Waals surface area contributed by atoms with E-state index in [1.54, 1.807) is 0 Å². The molecule has 0 aromatic heterocycles. The molecule has 0 heterocycles. The van der Waals surface area contributed by atoms with Crippen LogP contribution in [0.4, 0.5) is 4.39 Å². The van der Waals surface area contributed by atoms with E-state index in [0.717, 1.165) is 34.4 Å². The van der Waals surface area contributed by atoms with Gasteiger partial charge in [-0.2, -0.15) is 0 Å². The van der Waals surface area contributed by atoms with Crippen LogP contribution in [0.3, 0.4) is 0 Å². The topological polar surface area (TPSA) is 25.8 Å². The van der Waals surface area contributed by atoms with Crippen LogP contribution in [0.1, 0.15) is 18.1 Å². The summed E-state index contributed by atoms with van der Waals surface area (Å²) in [5.74, 6) is 0.727. The lowest BCUT2D eigenvalue weighted by Gasteiger charge is -2.10. The van der Waals surface area contributed by atoms with E-state index in [1.807, 2.05) is 31.2 Å². The van der Waals surface area contributed by atoms with Crippen molar-refractivity contribution in [1.29, 1.82) is 0 Å². The number of ether oxygens (including phenoxy) is 1. The molecule has 0 unspecified atom stereocenters. The summed E-state index contributed by atoms with van der Waals surface area (Å²) in [7, 11) is 0. The summed E-state index contributed by atoms with van der Waals surface area (Å²) < 4.78 is 19.5. The van der Waals surface area contributed by atoms with Crippen LogP contribution in [0.25, 0.3) is 0 Å². The molecule has 20 heavy (non-hydrogen) atoms. The van der Waals surface area contributed by atoms with Gasteiger partial charge >= 0.3 is 0 Å². The Morgan fingerprint density at radius 2 is 1.85 bits per heavy atom. The third-order valence-corrected chi connectivity index (χ3v) is 3.47. The third-order valence-electron chi connectivity index (χ3n) is 2.98. The Balaban J connectivity index is 1.96. The fourth-order valence-corrected chi connectivity index (χ4v) is 2.43. The number of halogens is 2. The van der Waals surface area contributed by atoms with Crippen LogP contribution in [-0.4, -0.2) is 6.61 Å². The Bertz CT molecular complexity index is 557. The predicted molar refractivity (Wildman–Crippen MR) is 81.0 cm³/mol. The minimum absolute atomic E-state index is 0.195. The van der Waals surface area contributed by atoms with Crippen LogP contribution in [-0.2, 0) is 13.1 Å². The molecule has 0 fully saturated rings. The molecule has 0 aliphatic heterocycles. The summed E-state index contributed by atoms with van der Waals surface area (Å²) in [6.07, 6.45) is 0. The van der Waals surface area contributed by atoms with Crippen LogP contribution in [0.15, 0.2) is 46.9 Å². The summed E-state index contributed by atoms with van der Waals surface area (Å²) in [6, 6.07) is 12.7. The number of nitrogens with two attached hydrogens (primary N) is 1. The molecule has 106 valence electrons. The normalized spacial score (nSPS) is 10.6. The molecule has 0 aliphatic rings. The first-order valence-corrected chi connectivity index (χ1v) is 7.45. The second-order valence-electron chi connectivity index (χ2n) is 4.51. The van der Waals surface area contributed by atoms with Crippen LogP contribution in [0.5, 0.6) is 5.75 Å². The first-order chi connectivity index (χ1) is 9.69. The zero-order chi connectivity index (χ0) is 14.4. The molecule has 0 radical (unpaired) electrons. The van der Waals surface area contributed by atoms with Crippen molar-refractivity contribution in [2.45, 2.75) is 20.0 Å². The van der Waals surface area contributed by atoms with Crippen molar-refractivity contribution in [3.05, 3.63) is 63.9 Å². The molecular weight excluding hydrogens is 321 g/mol. The molecule has 0 aliphatic carbocycles. The van der Waals surface area contributed by atoms with Crippen molar-refractivity contribution >= 4 is 15.9 Å². The van der Waals surface area contributed by atoms with Gasteiger partial charge in [0.15, 0.2) is 0 Å². The Labute approximate surface area is 127 Å². The van der Waals surface area contributed by atoms with Crippen molar-refractivity contribution < 1.29 is 14.4 Å². The molecule has 2 N–H and O–H groups in total. The SMILES string of the molecule is CCOc1ccc(Br)cc1C[NH2+]Cc1ccc(F)cc1. The van der Waals surface area contributed by atoms with Gasteiger partial charge in [0.1, 0.15) is 24.7 Å². The number of hydrogen-bond acceptors (Lipinski definition) is 1. The highest BCUT2D eigenvalue weighted by Crippen LogP contribution is 2.22. The van der Waals surface area contributed by atoms with Crippen molar-refractivity contribution in [2.24, 2.45) is 0 Å². The van der Waals surface area contributed by atoms with Gasteiger partial charge in [-0.15, -0.1) is 0 Å². The zero-order valence-electron chi connectivity index (χ0n) is 11.4. The molecule has 0 saturated carbocycles. The van der Waals surface area contributed by atoms with Gasteiger partial charge in [0, 0.05) is 15.6 Å². The molecule has 2 aromatic rings. The van der Waals surface area contributed by atoms with Crippen molar-refractivity contribution in [1.82, 2.24) is 0 Å². The third kappa shape index (κ3) is 4.32. The Morgan fingerprint density at radius 1 is 1.10 bits per heavy atom. The Kier molecular flexibility index (Phi) is 5.56. The quantitative estimate of drug-likeness (QED) is 0.859. The average Bonchev–Trinajstić information content (AvgIpc) is 2.44. The van der Waals surface area contributed by atoms with Gasteiger partial charge in [-0.1, -0.05) is 28.1 Å².